The number of aromatic hydroxyl groups is 1. The molecule has 0 bridgehead atoms. The van der Waals surface area contributed by atoms with E-state index in [-0.39, 0.29) is 36.0 Å². The summed E-state index contributed by atoms with van der Waals surface area (Å²) < 4.78 is 5.36. The van der Waals surface area contributed by atoms with Crippen LogP contribution < -0.4 is 15.4 Å². The van der Waals surface area contributed by atoms with Gasteiger partial charge in [0, 0.05) is 18.3 Å². The molecule has 1 aromatic heterocycles. The Morgan fingerprint density at radius 3 is 2.86 bits per heavy atom. The van der Waals surface area contributed by atoms with Gasteiger partial charge in [-0.05, 0) is 35.9 Å². The molecular formula is C20H16N4O5. The van der Waals surface area contributed by atoms with Crippen LogP contribution in [0.2, 0.25) is 0 Å². The average Bonchev–Trinajstić information content (AvgIpc) is 3.24. The molecule has 9 nitrogen and oxygen atoms in total. The number of ketones is 1. The predicted molar refractivity (Wildman–Crippen MR) is 103 cm³/mol. The van der Waals surface area contributed by atoms with Crippen LogP contribution in [0.15, 0.2) is 48.8 Å². The van der Waals surface area contributed by atoms with Crippen LogP contribution in [0.25, 0.3) is 0 Å². The zero-order valence-electron chi connectivity index (χ0n) is 15.1. The number of aromatic nitrogens is 2. The molecule has 146 valence electrons. The lowest BCUT2D eigenvalue weighted by Crippen LogP contribution is -2.25. The number of aromatic amines is 1. The van der Waals surface area contributed by atoms with Gasteiger partial charge in [-0.25, -0.2) is 0 Å². The van der Waals surface area contributed by atoms with Crippen molar-refractivity contribution < 1.29 is 24.2 Å². The Morgan fingerprint density at radius 1 is 1.21 bits per heavy atom. The fraction of sp³-hybridized carbons (Fsp3) is 0.100. The molecule has 4 N–H and O–H groups in total. The molecule has 0 fully saturated rings. The van der Waals surface area contributed by atoms with E-state index in [1.54, 1.807) is 18.2 Å². The van der Waals surface area contributed by atoms with Crippen molar-refractivity contribution in [3.8, 4) is 11.5 Å². The Hall–Kier alpha value is -4.14. The molecule has 0 radical (unpaired) electrons. The monoisotopic (exact) mass is 392 g/mol. The molecule has 1 aliphatic rings. The van der Waals surface area contributed by atoms with Crippen LogP contribution in [0.5, 0.6) is 11.5 Å². The number of carbonyl (C=O) groups excluding carboxylic acids is 3. The summed E-state index contributed by atoms with van der Waals surface area (Å²) in [6.45, 7) is -0.0798. The van der Waals surface area contributed by atoms with E-state index in [1.165, 1.54) is 30.6 Å². The lowest BCUT2D eigenvalue weighted by atomic mass is 10.0. The third-order valence-electron chi connectivity index (χ3n) is 4.36. The van der Waals surface area contributed by atoms with E-state index in [9.17, 15) is 19.5 Å². The number of Topliss-reactive ketones (excluding diaryl/α,β-unsaturated/α-hetero) is 1. The van der Waals surface area contributed by atoms with Crippen LogP contribution in [0.3, 0.4) is 0 Å². The maximum Gasteiger partial charge on any atom is 0.262 e. The smallest absolute Gasteiger partial charge is 0.262 e. The second-order valence-electron chi connectivity index (χ2n) is 6.44. The number of benzene rings is 2. The topological polar surface area (TPSA) is 133 Å². The van der Waals surface area contributed by atoms with Gasteiger partial charge in [0.05, 0.1) is 23.0 Å². The molecule has 3 aromatic rings. The Morgan fingerprint density at radius 2 is 2.07 bits per heavy atom. The molecule has 2 amide bonds. The maximum absolute atomic E-state index is 12.7. The molecule has 2 aromatic carbocycles. The van der Waals surface area contributed by atoms with Gasteiger partial charge in [-0.15, -0.1) is 0 Å². The number of phenols is 1. The number of carbonyl (C=O) groups is 3. The number of phenolic OH excluding ortho intramolecular Hbond substituents is 1. The Labute approximate surface area is 164 Å². The number of H-pyrrole nitrogens is 1. The van der Waals surface area contributed by atoms with Gasteiger partial charge in [0.2, 0.25) is 0 Å². The number of rotatable bonds is 5. The first-order valence-corrected chi connectivity index (χ1v) is 8.71. The summed E-state index contributed by atoms with van der Waals surface area (Å²) in [4.78, 5) is 36.2. The van der Waals surface area contributed by atoms with Crippen molar-refractivity contribution in [2.75, 3.05) is 17.2 Å². The number of fused-ring (bicyclic) bond motifs is 1. The van der Waals surface area contributed by atoms with Gasteiger partial charge in [0.25, 0.3) is 11.8 Å². The summed E-state index contributed by atoms with van der Waals surface area (Å²) in [5.41, 5.74) is 2.00. The minimum atomic E-state index is -0.392. The van der Waals surface area contributed by atoms with Gasteiger partial charge in [-0.2, -0.15) is 5.10 Å². The summed E-state index contributed by atoms with van der Waals surface area (Å²) in [6.07, 6.45) is 2.84. The van der Waals surface area contributed by atoms with E-state index in [1.807, 2.05) is 0 Å². The summed E-state index contributed by atoms with van der Waals surface area (Å²) in [5, 5.41) is 21.7. The molecular weight excluding hydrogens is 376 g/mol. The normalized spacial score (nSPS) is 12.5. The third kappa shape index (κ3) is 3.93. The number of anilines is 2. The van der Waals surface area contributed by atoms with E-state index < -0.39 is 5.91 Å². The van der Waals surface area contributed by atoms with Gasteiger partial charge in [-0.1, -0.05) is 6.07 Å². The van der Waals surface area contributed by atoms with E-state index >= 15 is 0 Å². The van der Waals surface area contributed by atoms with Crippen LogP contribution in [-0.4, -0.2) is 39.5 Å². The zero-order valence-corrected chi connectivity index (χ0v) is 15.1. The van der Waals surface area contributed by atoms with Crippen LogP contribution in [0.4, 0.5) is 11.4 Å². The fourth-order valence-corrected chi connectivity index (χ4v) is 2.93. The molecule has 1 aliphatic heterocycles. The van der Waals surface area contributed by atoms with Crippen molar-refractivity contribution in [3.63, 3.8) is 0 Å². The zero-order chi connectivity index (χ0) is 20.4. The number of ether oxygens (including phenoxy) is 1. The standard InChI is InChI=1S/C20H16N4O5/c25-16-4-2-13(23-20(28)12-8-21-22-9-12)7-14(16)17(26)5-11-1-3-15-18(6-11)29-10-19(27)24-15/h1-4,6-9,25H,5,10H2,(H,21,22)(H,23,28)(H,24,27). The number of hydrogen-bond donors (Lipinski definition) is 4. The van der Waals surface area contributed by atoms with Crippen molar-refractivity contribution in [2.45, 2.75) is 6.42 Å². The lowest BCUT2D eigenvalue weighted by Gasteiger charge is -2.18. The molecule has 0 spiro atoms. The van der Waals surface area contributed by atoms with Crippen molar-refractivity contribution in [1.82, 2.24) is 10.2 Å². The SMILES string of the molecule is O=C1COc2cc(CC(=O)c3cc(NC(=O)c4cn[nH]c4)ccc3O)ccc2N1. The first kappa shape index (κ1) is 18.2. The molecule has 2 heterocycles. The number of amides is 2. The minimum absolute atomic E-state index is 0.0112. The first-order valence-electron chi connectivity index (χ1n) is 8.71. The average molecular weight is 392 g/mol. The van der Waals surface area contributed by atoms with E-state index in [0.29, 0.717) is 28.3 Å². The number of nitrogens with zero attached hydrogens (tertiary/aromatic N) is 1. The Bertz CT molecular complexity index is 1110. The molecule has 0 unspecified atom stereocenters. The summed E-state index contributed by atoms with van der Waals surface area (Å²) >= 11 is 0. The third-order valence-corrected chi connectivity index (χ3v) is 4.36. The van der Waals surface area contributed by atoms with Crippen molar-refractivity contribution in [2.24, 2.45) is 0 Å². The van der Waals surface area contributed by atoms with E-state index in [2.05, 4.69) is 20.8 Å². The van der Waals surface area contributed by atoms with Gasteiger partial charge in [-0.3, -0.25) is 19.5 Å². The molecule has 9 heteroatoms. The van der Waals surface area contributed by atoms with E-state index in [0.717, 1.165) is 0 Å². The molecule has 0 saturated heterocycles. The van der Waals surface area contributed by atoms with Crippen LogP contribution in [0, 0.1) is 0 Å². The van der Waals surface area contributed by atoms with Crippen LogP contribution in [0.1, 0.15) is 26.3 Å². The molecule has 0 atom stereocenters. The summed E-state index contributed by atoms with van der Waals surface area (Å²) in [6, 6.07) is 9.31. The van der Waals surface area contributed by atoms with Crippen LogP contribution >= 0.6 is 0 Å². The highest BCUT2D eigenvalue weighted by Crippen LogP contribution is 2.30. The van der Waals surface area contributed by atoms with Gasteiger partial charge in [0.15, 0.2) is 12.4 Å². The van der Waals surface area contributed by atoms with Gasteiger partial charge < -0.3 is 20.5 Å². The molecule has 29 heavy (non-hydrogen) atoms. The van der Waals surface area contributed by atoms with Crippen LogP contribution in [-0.2, 0) is 11.2 Å². The Balaban J connectivity index is 1.51. The highest BCUT2D eigenvalue weighted by Gasteiger charge is 2.18. The summed E-state index contributed by atoms with van der Waals surface area (Å²) in [5.74, 6) is -0.656. The second kappa shape index (κ2) is 7.47. The van der Waals surface area contributed by atoms with Gasteiger partial charge >= 0.3 is 0 Å². The molecule has 0 aliphatic carbocycles. The maximum atomic E-state index is 12.7. The highest BCUT2D eigenvalue weighted by atomic mass is 16.5. The van der Waals surface area contributed by atoms with Crippen molar-refractivity contribution in [1.29, 1.82) is 0 Å². The lowest BCUT2D eigenvalue weighted by molar-refractivity contribution is -0.118. The highest BCUT2D eigenvalue weighted by molar-refractivity contribution is 6.06. The predicted octanol–water partition coefficient (Wildman–Crippen LogP) is 2.12. The quantitative estimate of drug-likeness (QED) is 0.388. The minimum Gasteiger partial charge on any atom is -0.507 e. The van der Waals surface area contributed by atoms with Crippen molar-refractivity contribution >= 4 is 29.0 Å². The van der Waals surface area contributed by atoms with Crippen molar-refractivity contribution in [3.05, 3.63) is 65.5 Å². The fourth-order valence-electron chi connectivity index (χ4n) is 2.93. The first-order chi connectivity index (χ1) is 14.0. The number of hydrogen-bond acceptors (Lipinski definition) is 6. The Kier molecular flexibility index (Phi) is 4.70. The molecule has 0 saturated carbocycles. The largest absolute Gasteiger partial charge is 0.507 e. The molecule has 4 rings (SSSR count). The van der Waals surface area contributed by atoms with E-state index in [4.69, 9.17) is 4.74 Å². The second-order valence-corrected chi connectivity index (χ2v) is 6.44. The number of nitrogens with one attached hydrogen (secondary N) is 3. The van der Waals surface area contributed by atoms with Gasteiger partial charge in [0.1, 0.15) is 11.5 Å². The summed E-state index contributed by atoms with van der Waals surface area (Å²) in [7, 11) is 0.